The number of amidine groups is 1. The van der Waals surface area contributed by atoms with Crippen molar-refractivity contribution >= 4 is 75.0 Å². The van der Waals surface area contributed by atoms with E-state index >= 15 is 0 Å². The van der Waals surface area contributed by atoms with E-state index < -0.39 is 5.95 Å². The molecule has 288 valence electrons. The van der Waals surface area contributed by atoms with Crippen molar-refractivity contribution in [1.82, 2.24) is 9.88 Å². The van der Waals surface area contributed by atoms with Gasteiger partial charge < -0.3 is 29.3 Å². The summed E-state index contributed by atoms with van der Waals surface area (Å²) in [6.07, 6.45) is 11.2. The number of aliphatic imine (C=N–C) groups is 4. The van der Waals surface area contributed by atoms with Gasteiger partial charge in [-0.25, -0.2) is 19.9 Å². The Balaban J connectivity index is 1.11. The van der Waals surface area contributed by atoms with Crippen LogP contribution in [-0.4, -0.2) is 59.5 Å². The molecule has 14 heteroatoms. The molecule has 5 aliphatic heterocycles. The van der Waals surface area contributed by atoms with E-state index in [4.69, 9.17) is 28.8 Å². The number of aromatic nitrogens is 1. The van der Waals surface area contributed by atoms with Crippen molar-refractivity contribution in [2.75, 3.05) is 46.6 Å². The van der Waals surface area contributed by atoms with Crippen molar-refractivity contribution in [3.05, 3.63) is 117 Å². The summed E-state index contributed by atoms with van der Waals surface area (Å²) in [7, 11) is 0. The minimum atomic E-state index is -0.588. The van der Waals surface area contributed by atoms with Crippen LogP contribution in [-0.2, 0) is 0 Å². The molecule has 8 heterocycles. The number of allylic oxidation sites excluding steroid dienone is 2. The molecule has 2 N–H and O–H groups in total. The van der Waals surface area contributed by atoms with E-state index in [9.17, 15) is 4.39 Å². The Morgan fingerprint density at radius 1 is 0.649 bits per heavy atom. The number of halogens is 1. The Labute approximate surface area is 333 Å². The molecule has 10 rings (SSSR count). The standard InChI is InChI=1S/C43H41FN10O2S/c1-26-9-15-38(55-26)45-33-21-28(52-17-5-3-6-18-52)11-13-31(33)35-23-30-24-36(48-43-51-40(41-49-37(44)25-57-41)50-42(47-35)54(30)43)32-14-12-29(53-19-7-4-8-20-53)22-34(32)46-39-16-10-27(2)56-39/h9-16,21-25,45-46H,3-8,17-20H2,1-2H3. The van der Waals surface area contributed by atoms with E-state index in [2.05, 4.69) is 61.8 Å². The van der Waals surface area contributed by atoms with E-state index in [1.165, 1.54) is 43.9 Å². The Morgan fingerprint density at radius 3 is 1.82 bits per heavy atom. The van der Waals surface area contributed by atoms with E-state index in [0.717, 1.165) is 88.6 Å². The smallest absolute Gasteiger partial charge is 0.239 e. The van der Waals surface area contributed by atoms with E-state index in [1.807, 2.05) is 55.2 Å². The van der Waals surface area contributed by atoms with E-state index in [1.54, 1.807) is 0 Å². The lowest BCUT2D eigenvalue weighted by molar-refractivity contribution is 0.550. The molecule has 2 fully saturated rings. The van der Waals surface area contributed by atoms with Crippen LogP contribution in [0.2, 0.25) is 0 Å². The van der Waals surface area contributed by atoms with Crippen LogP contribution in [0, 0.1) is 19.8 Å². The highest BCUT2D eigenvalue weighted by Crippen LogP contribution is 2.39. The van der Waals surface area contributed by atoms with Gasteiger partial charge in [0, 0.05) is 66.2 Å². The summed E-state index contributed by atoms with van der Waals surface area (Å²) in [4.78, 5) is 30.7. The number of hydrogen-bond acceptors (Lipinski definition) is 13. The molecule has 0 saturated carbocycles. The average molecular weight is 781 g/mol. The SMILES string of the molecule is Cc1ccc(Nc2cc(N3CCCCC3)ccc2C2=CC3=CC(c4ccc(N5CCCCC5)cc4Nc4ccc(C)o4)=NC4=NC(c5nc(F)cs5)=NC(=N2)N34)o1. The molecule has 3 aromatic heterocycles. The van der Waals surface area contributed by atoms with Crippen LogP contribution in [0.3, 0.4) is 0 Å². The van der Waals surface area contributed by atoms with Crippen molar-refractivity contribution in [2.24, 2.45) is 20.0 Å². The minimum Gasteiger partial charge on any atom is -0.446 e. The second-order valence-corrected chi connectivity index (χ2v) is 15.6. The van der Waals surface area contributed by atoms with Crippen LogP contribution < -0.4 is 20.4 Å². The number of rotatable bonds is 9. The molecule has 12 nitrogen and oxygen atoms in total. The Morgan fingerprint density at radius 2 is 1.25 bits per heavy atom. The fourth-order valence-corrected chi connectivity index (χ4v) is 8.53. The fraction of sp³-hybridized carbons (Fsp3) is 0.279. The van der Waals surface area contributed by atoms with Crippen LogP contribution >= 0.6 is 11.3 Å². The normalized spacial score (nSPS) is 17.9. The van der Waals surface area contributed by atoms with Gasteiger partial charge in [0.15, 0.2) is 22.6 Å². The maximum Gasteiger partial charge on any atom is 0.239 e. The van der Waals surface area contributed by atoms with Gasteiger partial charge in [-0.1, -0.05) is 0 Å². The van der Waals surface area contributed by atoms with Gasteiger partial charge in [0.1, 0.15) is 11.5 Å². The zero-order valence-corrected chi connectivity index (χ0v) is 32.6. The third-order valence-corrected chi connectivity index (χ3v) is 11.6. The van der Waals surface area contributed by atoms with Gasteiger partial charge in [-0.15, -0.1) is 11.3 Å². The quantitative estimate of drug-likeness (QED) is 0.152. The van der Waals surface area contributed by atoms with Crippen LogP contribution in [0.4, 0.5) is 38.9 Å². The highest BCUT2D eigenvalue weighted by molar-refractivity contribution is 7.11. The lowest BCUT2D eigenvalue weighted by Crippen LogP contribution is -2.42. The fourth-order valence-electron chi connectivity index (χ4n) is 7.93. The van der Waals surface area contributed by atoms with E-state index in [-0.39, 0.29) is 5.84 Å². The van der Waals surface area contributed by atoms with Crippen molar-refractivity contribution in [2.45, 2.75) is 52.4 Å². The molecular weight excluding hydrogens is 740 g/mol. The third-order valence-electron chi connectivity index (χ3n) is 10.7. The molecule has 0 spiro atoms. The average Bonchev–Trinajstić information content (AvgIpc) is 3.98. The molecule has 0 bridgehead atoms. The molecule has 2 saturated heterocycles. The highest BCUT2D eigenvalue weighted by atomic mass is 32.1. The van der Waals surface area contributed by atoms with Gasteiger partial charge in [-0.05, 0) is 113 Å². The number of aryl methyl sites for hydroxylation is 2. The molecule has 0 radical (unpaired) electrons. The minimum absolute atomic E-state index is 0.245. The summed E-state index contributed by atoms with van der Waals surface area (Å²) < 4.78 is 26.3. The van der Waals surface area contributed by atoms with Crippen LogP contribution in [0.25, 0.3) is 5.70 Å². The topological polar surface area (TPSA) is 122 Å². The number of thiazole rings is 1. The highest BCUT2D eigenvalue weighted by Gasteiger charge is 2.35. The Kier molecular flexibility index (Phi) is 9.04. The first-order chi connectivity index (χ1) is 27.9. The molecular formula is C43H41FN10O2S. The number of anilines is 6. The van der Waals surface area contributed by atoms with Crippen LogP contribution in [0.1, 0.15) is 66.2 Å². The molecule has 0 aliphatic carbocycles. The molecule has 5 aromatic rings. The zero-order valence-electron chi connectivity index (χ0n) is 31.8. The molecule has 0 atom stereocenters. The maximum absolute atomic E-state index is 14.3. The van der Waals surface area contributed by atoms with Gasteiger partial charge in [-0.3, -0.25) is 0 Å². The van der Waals surface area contributed by atoms with Gasteiger partial charge >= 0.3 is 0 Å². The van der Waals surface area contributed by atoms with Gasteiger partial charge in [0.2, 0.25) is 17.9 Å². The number of piperidine rings is 2. The predicted molar refractivity (Wildman–Crippen MR) is 226 cm³/mol. The molecule has 5 aliphatic rings. The number of benzene rings is 2. The summed E-state index contributed by atoms with van der Waals surface area (Å²) in [6.45, 7) is 7.91. The third kappa shape index (κ3) is 7.05. The Bertz CT molecular complexity index is 2450. The van der Waals surface area contributed by atoms with Crippen molar-refractivity contribution in [1.29, 1.82) is 0 Å². The first-order valence-electron chi connectivity index (χ1n) is 19.6. The second-order valence-electron chi connectivity index (χ2n) is 14.8. The summed E-state index contributed by atoms with van der Waals surface area (Å²) in [5, 5.41) is 8.77. The summed E-state index contributed by atoms with van der Waals surface area (Å²) in [6, 6.07) is 20.6. The largest absolute Gasteiger partial charge is 0.446 e. The molecule has 2 aromatic carbocycles. The van der Waals surface area contributed by atoms with Gasteiger partial charge in [-0.2, -0.15) is 14.4 Å². The van der Waals surface area contributed by atoms with Crippen LogP contribution in [0.15, 0.2) is 113 Å². The second kappa shape index (κ2) is 14.7. The lowest BCUT2D eigenvalue weighted by Gasteiger charge is -2.33. The molecule has 0 amide bonds. The van der Waals surface area contributed by atoms with Crippen molar-refractivity contribution < 1.29 is 13.2 Å². The summed E-state index contributed by atoms with van der Waals surface area (Å²) in [5.41, 5.74) is 7.87. The predicted octanol–water partition coefficient (Wildman–Crippen LogP) is 9.77. The van der Waals surface area contributed by atoms with Crippen LogP contribution in [0.5, 0.6) is 0 Å². The molecule has 0 unspecified atom stereocenters. The first-order valence-corrected chi connectivity index (χ1v) is 20.4. The van der Waals surface area contributed by atoms with E-state index in [0.29, 0.717) is 40.1 Å². The monoisotopic (exact) mass is 780 g/mol. The number of furan rings is 2. The van der Waals surface area contributed by atoms with Crippen molar-refractivity contribution in [3.63, 3.8) is 0 Å². The van der Waals surface area contributed by atoms with Crippen molar-refractivity contribution in [3.8, 4) is 0 Å². The number of nitrogens with zero attached hydrogens (tertiary/aromatic N) is 8. The number of hydrogen-bond donors (Lipinski definition) is 2. The number of nitrogens with one attached hydrogen (secondary N) is 2. The first kappa shape index (κ1) is 35.2. The summed E-state index contributed by atoms with van der Waals surface area (Å²) in [5.74, 6) is 3.28. The number of guanidine groups is 2. The molecule has 57 heavy (non-hydrogen) atoms. The van der Waals surface area contributed by atoms with Gasteiger partial charge in [0.25, 0.3) is 0 Å². The lowest BCUT2D eigenvalue weighted by atomic mass is 10.0. The zero-order chi connectivity index (χ0) is 38.5. The maximum atomic E-state index is 14.3. The summed E-state index contributed by atoms with van der Waals surface area (Å²) >= 11 is 1.14. The Hall–Kier alpha value is -6.28. The van der Waals surface area contributed by atoms with Gasteiger partial charge in [0.05, 0.1) is 28.5 Å².